The highest BCUT2D eigenvalue weighted by Gasteiger charge is 2.17. The number of hydrogen-bond acceptors (Lipinski definition) is 2. The highest BCUT2D eigenvalue weighted by Crippen LogP contribution is 2.20. The minimum Gasteiger partial charge on any atom is -0.344 e. The highest BCUT2D eigenvalue weighted by molar-refractivity contribution is 6.30. The van der Waals surface area contributed by atoms with Crippen LogP contribution in [0.2, 0.25) is 5.02 Å². The molecule has 0 aliphatic rings. The van der Waals surface area contributed by atoms with Gasteiger partial charge in [-0.2, -0.15) is 0 Å². The maximum Gasteiger partial charge on any atom is 0.220 e. The van der Waals surface area contributed by atoms with Gasteiger partial charge in [-0.15, -0.1) is 0 Å². The molecule has 1 N–H and O–H groups in total. The van der Waals surface area contributed by atoms with Crippen LogP contribution in [0.4, 0.5) is 0 Å². The molecule has 2 aromatic carbocycles. The predicted molar refractivity (Wildman–Crippen MR) is 105 cm³/mol. The van der Waals surface area contributed by atoms with Crippen LogP contribution in [-0.2, 0) is 11.2 Å². The number of aryl methyl sites for hydroxylation is 1. The molecule has 132 valence electrons. The van der Waals surface area contributed by atoms with Crippen molar-refractivity contribution in [3.8, 4) is 0 Å². The molecule has 0 aliphatic carbocycles. The molecule has 0 unspecified atom stereocenters. The van der Waals surface area contributed by atoms with E-state index in [2.05, 4.69) is 10.3 Å². The Kier molecular flexibility index (Phi) is 6.39. The lowest BCUT2D eigenvalue weighted by Crippen LogP contribution is -2.29. The number of carbonyl (C=O) groups is 1. The molecule has 1 atom stereocenters. The lowest BCUT2D eigenvalue weighted by Gasteiger charge is -2.19. The number of halogens is 1. The summed E-state index contributed by atoms with van der Waals surface area (Å²) in [5, 5.41) is 3.85. The van der Waals surface area contributed by atoms with Crippen LogP contribution in [-0.4, -0.2) is 10.9 Å². The summed E-state index contributed by atoms with van der Waals surface area (Å²) in [6, 6.07) is 23.2. The summed E-state index contributed by atoms with van der Waals surface area (Å²) >= 11 is 5.90. The van der Waals surface area contributed by atoms with E-state index in [0.717, 1.165) is 29.1 Å². The van der Waals surface area contributed by atoms with Gasteiger partial charge >= 0.3 is 0 Å². The Morgan fingerprint density at radius 1 is 0.962 bits per heavy atom. The molecular weight excluding hydrogens is 344 g/mol. The van der Waals surface area contributed by atoms with Crippen molar-refractivity contribution in [2.24, 2.45) is 0 Å². The number of pyridine rings is 1. The molecule has 3 nitrogen and oxygen atoms in total. The van der Waals surface area contributed by atoms with Gasteiger partial charge < -0.3 is 5.32 Å². The van der Waals surface area contributed by atoms with Crippen LogP contribution in [0, 0.1) is 0 Å². The molecule has 0 fully saturated rings. The molecule has 3 rings (SSSR count). The first-order valence-corrected chi connectivity index (χ1v) is 9.10. The molecule has 0 spiro atoms. The first-order chi connectivity index (χ1) is 12.7. The van der Waals surface area contributed by atoms with Gasteiger partial charge in [0.15, 0.2) is 0 Å². The topological polar surface area (TPSA) is 42.0 Å². The third-order valence-electron chi connectivity index (χ3n) is 4.20. The van der Waals surface area contributed by atoms with Crippen molar-refractivity contribution >= 4 is 17.5 Å². The monoisotopic (exact) mass is 364 g/mol. The van der Waals surface area contributed by atoms with Crippen LogP contribution in [0.25, 0.3) is 0 Å². The van der Waals surface area contributed by atoms with Crippen molar-refractivity contribution in [2.75, 3.05) is 0 Å². The molecule has 4 heteroatoms. The van der Waals surface area contributed by atoms with Crippen molar-refractivity contribution in [2.45, 2.75) is 25.3 Å². The summed E-state index contributed by atoms with van der Waals surface area (Å²) in [6.45, 7) is 0. The van der Waals surface area contributed by atoms with Crippen molar-refractivity contribution in [3.05, 3.63) is 101 Å². The number of hydrogen-bond donors (Lipinski definition) is 1. The first kappa shape index (κ1) is 18.2. The van der Waals surface area contributed by atoms with Crippen molar-refractivity contribution < 1.29 is 4.79 Å². The van der Waals surface area contributed by atoms with E-state index in [9.17, 15) is 4.79 Å². The molecule has 0 bridgehead atoms. The van der Waals surface area contributed by atoms with Gasteiger partial charge in [0, 0.05) is 17.6 Å². The summed E-state index contributed by atoms with van der Waals surface area (Å²) < 4.78 is 0. The van der Waals surface area contributed by atoms with Gasteiger partial charge in [-0.1, -0.05) is 60.1 Å². The fraction of sp³-hybridized carbons (Fsp3) is 0.182. The van der Waals surface area contributed by atoms with E-state index in [1.54, 1.807) is 6.20 Å². The van der Waals surface area contributed by atoms with E-state index in [0.29, 0.717) is 6.42 Å². The zero-order chi connectivity index (χ0) is 18.2. The van der Waals surface area contributed by atoms with Crippen LogP contribution >= 0.6 is 11.6 Å². The van der Waals surface area contributed by atoms with Crippen LogP contribution < -0.4 is 5.32 Å². The minimum absolute atomic E-state index is 0.0264. The van der Waals surface area contributed by atoms with Crippen molar-refractivity contribution in [1.29, 1.82) is 0 Å². The average molecular weight is 365 g/mol. The number of rotatable bonds is 7. The molecule has 1 amide bonds. The smallest absolute Gasteiger partial charge is 0.220 e. The van der Waals surface area contributed by atoms with Gasteiger partial charge in [-0.05, 0) is 48.2 Å². The Morgan fingerprint density at radius 3 is 2.38 bits per heavy atom. The fourth-order valence-electron chi connectivity index (χ4n) is 2.86. The van der Waals surface area contributed by atoms with E-state index >= 15 is 0 Å². The highest BCUT2D eigenvalue weighted by atomic mass is 35.5. The van der Waals surface area contributed by atoms with Gasteiger partial charge in [0.1, 0.15) is 0 Å². The predicted octanol–water partition coefficient (Wildman–Crippen LogP) is 4.96. The Bertz CT molecular complexity index is 780. The molecule has 3 aromatic rings. The Hall–Kier alpha value is -2.65. The molecule has 0 aliphatic heterocycles. The third kappa shape index (κ3) is 5.17. The standard InChI is InChI=1S/C22H21ClN2O/c23-19-14-12-17(13-15-19)7-6-11-21(26)25-22(18-8-2-1-3-9-18)20-10-4-5-16-24-20/h1-5,8-10,12-16,22H,6-7,11H2,(H,25,26)/t22-/m1/s1. The van der Waals surface area contributed by atoms with Gasteiger partial charge in [-0.25, -0.2) is 0 Å². The Balaban J connectivity index is 1.61. The van der Waals surface area contributed by atoms with E-state index in [-0.39, 0.29) is 11.9 Å². The molecular formula is C22H21ClN2O. The maximum absolute atomic E-state index is 12.5. The lowest BCUT2D eigenvalue weighted by molar-refractivity contribution is -0.121. The number of nitrogens with one attached hydrogen (secondary N) is 1. The number of carbonyl (C=O) groups excluding carboxylic acids is 1. The quantitative estimate of drug-likeness (QED) is 0.643. The summed E-state index contributed by atoms with van der Waals surface area (Å²) in [7, 11) is 0. The SMILES string of the molecule is O=C(CCCc1ccc(Cl)cc1)N[C@H](c1ccccc1)c1ccccn1. The molecule has 0 radical (unpaired) electrons. The number of nitrogens with zero attached hydrogens (tertiary/aromatic N) is 1. The van der Waals surface area contributed by atoms with Gasteiger partial charge in [0.05, 0.1) is 11.7 Å². The molecule has 0 saturated heterocycles. The van der Waals surface area contributed by atoms with E-state index in [1.807, 2.05) is 72.8 Å². The van der Waals surface area contributed by atoms with Gasteiger partial charge in [-0.3, -0.25) is 9.78 Å². The van der Waals surface area contributed by atoms with Crippen LogP contribution in [0.5, 0.6) is 0 Å². The summed E-state index contributed by atoms with van der Waals surface area (Å²) in [5.74, 6) is 0.0264. The molecule has 1 aromatic heterocycles. The van der Waals surface area contributed by atoms with Crippen LogP contribution in [0.1, 0.15) is 35.7 Å². The lowest BCUT2D eigenvalue weighted by atomic mass is 10.0. The largest absolute Gasteiger partial charge is 0.344 e. The van der Waals surface area contributed by atoms with E-state index in [1.165, 1.54) is 5.56 Å². The minimum atomic E-state index is -0.236. The first-order valence-electron chi connectivity index (χ1n) is 8.72. The molecule has 0 saturated carbocycles. The number of amides is 1. The molecule has 1 heterocycles. The molecule has 26 heavy (non-hydrogen) atoms. The van der Waals surface area contributed by atoms with Crippen LogP contribution in [0.15, 0.2) is 79.0 Å². The maximum atomic E-state index is 12.5. The third-order valence-corrected chi connectivity index (χ3v) is 4.46. The van der Waals surface area contributed by atoms with Crippen molar-refractivity contribution in [3.63, 3.8) is 0 Å². The summed E-state index contributed by atoms with van der Waals surface area (Å²) in [5.41, 5.74) is 3.05. The van der Waals surface area contributed by atoms with Crippen molar-refractivity contribution in [1.82, 2.24) is 10.3 Å². The summed E-state index contributed by atoms with van der Waals surface area (Å²) in [6.07, 6.45) is 3.86. The van der Waals surface area contributed by atoms with Crippen LogP contribution in [0.3, 0.4) is 0 Å². The van der Waals surface area contributed by atoms with Gasteiger partial charge in [0.25, 0.3) is 0 Å². The number of benzene rings is 2. The normalized spacial score (nSPS) is 11.7. The zero-order valence-corrected chi connectivity index (χ0v) is 15.2. The Morgan fingerprint density at radius 2 is 1.69 bits per heavy atom. The second kappa shape index (κ2) is 9.16. The fourth-order valence-corrected chi connectivity index (χ4v) is 2.98. The second-order valence-electron chi connectivity index (χ2n) is 6.15. The van der Waals surface area contributed by atoms with E-state index in [4.69, 9.17) is 11.6 Å². The van der Waals surface area contributed by atoms with E-state index < -0.39 is 0 Å². The second-order valence-corrected chi connectivity index (χ2v) is 6.58. The Labute approximate surface area is 159 Å². The average Bonchev–Trinajstić information content (AvgIpc) is 2.69. The zero-order valence-electron chi connectivity index (χ0n) is 14.4. The van der Waals surface area contributed by atoms with Gasteiger partial charge in [0.2, 0.25) is 5.91 Å². The number of aromatic nitrogens is 1. The summed E-state index contributed by atoms with van der Waals surface area (Å²) in [4.78, 5) is 16.9.